The van der Waals surface area contributed by atoms with Gasteiger partial charge in [0.2, 0.25) is 0 Å². The lowest BCUT2D eigenvalue weighted by molar-refractivity contribution is 0.0950. The normalized spacial score (nSPS) is 9.94. The summed E-state index contributed by atoms with van der Waals surface area (Å²) in [5.41, 5.74) is 3.31. The standard InChI is InChI=1S/C9H11N7O/c10-15-7-1-2-11-3-6(7)9(17)12-4-8-13-5-14-16-8/h1-3,5H,4,10H2,(H,11,15)(H,12,17)(H,13,14,16). The van der Waals surface area contributed by atoms with Crippen molar-refractivity contribution >= 4 is 11.6 Å². The summed E-state index contributed by atoms with van der Waals surface area (Å²) in [6.07, 6.45) is 4.35. The Bertz CT molecular complexity index is 496. The molecule has 8 nitrogen and oxygen atoms in total. The highest BCUT2D eigenvalue weighted by Crippen LogP contribution is 2.11. The van der Waals surface area contributed by atoms with Crippen molar-refractivity contribution in [2.75, 3.05) is 5.43 Å². The molecule has 0 aliphatic rings. The molecule has 0 saturated heterocycles. The Morgan fingerprint density at radius 3 is 3.12 bits per heavy atom. The molecule has 0 spiro atoms. The highest BCUT2D eigenvalue weighted by molar-refractivity contribution is 5.99. The Morgan fingerprint density at radius 2 is 2.41 bits per heavy atom. The first kappa shape index (κ1) is 11.0. The molecule has 8 heteroatoms. The van der Waals surface area contributed by atoms with E-state index in [1.54, 1.807) is 12.3 Å². The lowest BCUT2D eigenvalue weighted by Crippen LogP contribution is -2.25. The zero-order chi connectivity index (χ0) is 12.1. The van der Waals surface area contributed by atoms with Gasteiger partial charge in [0.05, 0.1) is 17.8 Å². The number of rotatable bonds is 4. The van der Waals surface area contributed by atoms with E-state index in [1.165, 1.54) is 12.5 Å². The minimum Gasteiger partial charge on any atom is -0.345 e. The summed E-state index contributed by atoms with van der Waals surface area (Å²) in [7, 11) is 0. The van der Waals surface area contributed by atoms with Gasteiger partial charge >= 0.3 is 0 Å². The molecule has 0 aliphatic carbocycles. The maximum Gasteiger partial charge on any atom is 0.255 e. The number of aromatic amines is 1. The first-order valence-corrected chi connectivity index (χ1v) is 4.84. The first-order valence-electron chi connectivity index (χ1n) is 4.84. The summed E-state index contributed by atoms with van der Waals surface area (Å²) >= 11 is 0. The number of hydrogen-bond acceptors (Lipinski definition) is 6. The highest BCUT2D eigenvalue weighted by Gasteiger charge is 2.10. The van der Waals surface area contributed by atoms with Crippen molar-refractivity contribution in [2.45, 2.75) is 6.54 Å². The average Bonchev–Trinajstić information content (AvgIpc) is 2.89. The molecule has 17 heavy (non-hydrogen) atoms. The van der Waals surface area contributed by atoms with Crippen LogP contribution in [0.1, 0.15) is 16.2 Å². The van der Waals surface area contributed by atoms with Gasteiger partial charge in [-0.1, -0.05) is 0 Å². The topological polar surface area (TPSA) is 122 Å². The van der Waals surface area contributed by atoms with E-state index in [-0.39, 0.29) is 12.5 Å². The predicted molar refractivity (Wildman–Crippen MR) is 59.6 cm³/mol. The second kappa shape index (κ2) is 5.03. The number of amides is 1. The number of H-pyrrole nitrogens is 1. The third-order valence-corrected chi connectivity index (χ3v) is 2.10. The zero-order valence-electron chi connectivity index (χ0n) is 8.84. The summed E-state index contributed by atoms with van der Waals surface area (Å²) in [4.78, 5) is 19.6. The van der Waals surface area contributed by atoms with Gasteiger partial charge in [0.15, 0.2) is 0 Å². The molecule has 0 atom stereocenters. The zero-order valence-corrected chi connectivity index (χ0v) is 8.84. The SMILES string of the molecule is NNc1ccncc1C(=O)NCc1ncn[nH]1. The van der Waals surface area contributed by atoms with Gasteiger partial charge in [0.25, 0.3) is 5.91 Å². The van der Waals surface area contributed by atoms with E-state index in [0.29, 0.717) is 17.1 Å². The van der Waals surface area contributed by atoms with E-state index < -0.39 is 0 Å². The van der Waals surface area contributed by atoms with E-state index in [0.717, 1.165) is 0 Å². The van der Waals surface area contributed by atoms with Crippen molar-refractivity contribution in [2.24, 2.45) is 5.84 Å². The van der Waals surface area contributed by atoms with Gasteiger partial charge in [-0.05, 0) is 6.07 Å². The minimum atomic E-state index is -0.289. The molecule has 5 N–H and O–H groups in total. The van der Waals surface area contributed by atoms with Crippen LogP contribution in [0.25, 0.3) is 0 Å². The second-order valence-corrected chi connectivity index (χ2v) is 3.18. The number of pyridine rings is 1. The molecule has 0 saturated carbocycles. The Kier molecular flexibility index (Phi) is 3.26. The maximum absolute atomic E-state index is 11.8. The monoisotopic (exact) mass is 233 g/mol. The van der Waals surface area contributed by atoms with Gasteiger partial charge in [-0.3, -0.25) is 20.7 Å². The third-order valence-electron chi connectivity index (χ3n) is 2.10. The fraction of sp³-hybridized carbons (Fsp3) is 0.111. The number of aromatic nitrogens is 4. The summed E-state index contributed by atoms with van der Waals surface area (Å²) in [5.74, 6) is 5.58. The quantitative estimate of drug-likeness (QED) is 0.414. The minimum absolute atomic E-state index is 0.262. The van der Waals surface area contributed by atoms with Crippen molar-refractivity contribution in [3.05, 3.63) is 36.2 Å². The number of nitrogens with two attached hydrogens (primary N) is 1. The van der Waals surface area contributed by atoms with Gasteiger partial charge in [0, 0.05) is 12.4 Å². The molecule has 2 heterocycles. The molecule has 0 unspecified atom stereocenters. The summed E-state index contributed by atoms with van der Waals surface area (Å²) in [5, 5.41) is 8.98. The average molecular weight is 233 g/mol. The van der Waals surface area contributed by atoms with Crippen molar-refractivity contribution in [1.82, 2.24) is 25.5 Å². The van der Waals surface area contributed by atoms with Crippen LogP contribution in [0, 0.1) is 0 Å². The van der Waals surface area contributed by atoms with Crippen LogP contribution >= 0.6 is 0 Å². The third kappa shape index (κ3) is 2.55. The Labute approximate surface area is 96.6 Å². The fourth-order valence-electron chi connectivity index (χ4n) is 1.28. The van der Waals surface area contributed by atoms with Crippen molar-refractivity contribution in [3.63, 3.8) is 0 Å². The molecule has 0 aliphatic heterocycles. The number of nitrogens with zero attached hydrogens (tertiary/aromatic N) is 3. The number of hydrogen-bond donors (Lipinski definition) is 4. The van der Waals surface area contributed by atoms with E-state index in [4.69, 9.17) is 5.84 Å². The number of hydrazine groups is 1. The Balaban J connectivity index is 2.04. The van der Waals surface area contributed by atoms with Crippen LogP contribution in [0.2, 0.25) is 0 Å². The van der Waals surface area contributed by atoms with Crippen LogP contribution < -0.4 is 16.6 Å². The Hall–Kier alpha value is -2.48. The molecule has 0 aromatic carbocycles. The number of carbonyl (C=O) groups is 1. The van der Waals surface area contributed by atoms with Crippen molar-refractivity contribution in [1.29, 1.82) is 0 Å². The summed E-state index contributed by atoms with van der Waals surface area (Å²) < 4.78 is 0. The van der Waals surface area contributed by atoms with Gasteiger partial charge in [-0.2, -0.15) is 5.10 Å². The summed E-state index contributed by atoms with van der Waals surface area (Å²) in [6, 6.07) is 1.61. The van der Waals surface area contributed by atoms with Crippen LogP contribution in [0.15, 0.2) is 24.8 Å². The molecule has 2 rings (SSSR count). The van der Waals surface area contributed by atoms with Crippen LogP contribution in [-0.4, -0.2) is 26.1 Å². The first-order chi connectivity index (χ1) is 8.31. The van der Waals surface area contributed by atoms with E-state index in [2.05, 4.69) is 30.9 Å². The highest BCUT2D eigenvalue weighted by atomic mass is 16.1. The van der Waals surface area contributed by atoms with Crippen LogP contribution in [0.5, 0.6) is 0 Å². The van der Waals surface area contributed by atoms with Crippen LogP contribution in [0.3, 0.4) is 0 Å². The van der Waals surface area contributed by atoms with Crippen LogP contribution in [-0.2, 0) is 6.54 Å². The smallest absolute Gasteiger partial charge is 0.255 e. The number of nitrogen functional groups attached to an aromatic ring is 1. The number of nitrogens with one attached hydrogen (secondary N) is 3. The Morgan fingerprint density at radius 1 is 1.53 bits per heavy atom. The van der Waals surface area contributed by atoms with Crippen molar-refractivity contribution in [3.8, 4) is 0 Å². The van der Waals surface area contributed by atoms with E-state index in [1.807, 2.05) is 0 Å². The van der Waals surface area contributed by atoms with Crippen LogP contribution in [0.4, 0.5) is 5.69 Å². The molecule has 0 bridgehead atoms. The lowest BCUT2D eigenvalue weighted by atomic mass is 10.2. The van der Waals surface area contributed by atoms with Crippen molar-refractivity contribution < 1.29 is 4.79 Å². The number of carbonyl (C=O) groups excluding carboxylic acids is 1. The summed E-state index contributed by atoms with van der Waals surface area (Å²) in [6.45, 7) is 0.262. The molecule has 1 amide bonds. The van der Waals surface area contributed by atoms with Gasteiger partial charge in [-0.25, -0.2) is 4.98 Å². The molecular formula is C9H11N7O. The lowest BCUT2D eigenvalue weighted by Gasteiger charge is -2.07. The van der Waals surface area contributed by atoms with Gasteiger partial charge in [0.1, 0.15) is 12.2 Å². The maximum atomic E-state index is 11.8. The molecule has 2 aromatic heterocycles. The van der Waals surface area contributed by atoms with E-state index in [9.17, 15) is 4.79 Å². The second-order valence-electron chi connectivity index (χ2n) is 3.18. The van der Waals surface area contributed by atoms with E-state index >= 15 is 0 Å². The fourth-order valence-corrected chi connectivity index (χ4v) is 1.28. The van der Waals surface area contributed by atoms with Gasteiger partial charge < -0.3 is 10.7 Å². The predicted octanol–water partition coefficient (Wildman–Crippen LogP) is -0.585. The molecule has 2 aromatic rings. The van der Waals surface area contributed by atoms with Gasteiger partial charge in [-0.15, -0.1) is 0 Å². The number of anilines is 1. The molecule has 0 fully saturated rings. The molecule has 88 valence electrons. The molecular weight excluding hydrogens is 222 g/mol. The molecule has 0 radical (unpaired) electrons. The largest absolute Gasteiger partial charge is 0.345 e.